The summed E-state index contributed by atoms with van der Waals surface area (Å²) in [7, 11) is 0. The van der Waals surface area contributed by atoms with Crippen molar-refractivity contribution in [2.45, 2.75) is 57.4 Å². The van der Waals surface area contributed by atoms with Gasteiger partial charge in [0.05, 0.1) is 11.7 Å². The highest BCUT2D eigenvalue weighted by molar-refractivity contribution is 5.80. The number of halogens is 4. The third-order valence-corrected chi connectivity index (χ3v) is 6.44. The lowest BCUT2D eigenvalue weighted by Crippen LogP contribution is -2.51. The Morgan fingerprint density at radius 1 is 1.00 bits per heavy atom. The number of benzene rings is 2. The number of nitrogens with one attached hydrogen (secondary N) is 1. The number of ether oxygens (including phenoxy) is 1. The standard InChI is InChI=1S/C28H28F4N2O2/c1-18-9-10-21(29)13-23(18)26(2,3)17-27(35,28(30,31)32)14-22-11-20-12-25(33-15-24(20)34-22)36-16-19-7-5-4-6-8-19/h4-13,15,34-35H,14,16-17H2,1-3H3. The molecule has 36 heavy (non-hydrogen) atoms. The molecule has 190 valence electrons. The van der Waals surface area contributed by atoms with Crippen LogP contribution >= 0.6 is 0 Å². The topological polar surface area (TPSA) is 58.1 Å². The average molecular weight is 501 g/mol. The minimum absolute atomic E-state index is 0.207. The number of H-pyrrole nitrogens is 1. The Bertz CT molecular complexity index is 1350. The lowest BCUT2D eigenvalue weighted by molar-refractivity contribution is -0.266. The van der Waals surface area contributed by atoms with Crippen LogP contribution in [0.3, 0.4) is 0 Å². The van der Waals surface area contributed by atoms with Crippen molar-refractivity contribution in [3.05, 3.63) is 95.1 Å². The highest BCUT2D eigenvalue weighted by Gasteiger charge is 2.56. The van der Waals surface area contributed by atoms with Crippen molar-refractivity contribution in [1.82, 2.24) is 9.97 Å². The number of hydrogen-bond donors (Lipinski definition) is 2. The summed E-state index contributed by atoms with van der Waals surface area (Å²) in [6, 6.07) is 16.8. The number of alkyl halides is 3. The first-order valence-electron chi connectivity index (χ1n) is 11.6. The van der Waals surface area contributed by atoms with Crippen LogP contribution < -0.4 is 4.74 Å². The fraction of sp³-hybridized carbons (Fsp3) is 0.321. The normalized spacial score (nSPS) is 14.1. The first kappa shape index (κ1) is 25.7. The molecule has 0 fully saturated rings. The fourth-order valence-corrected chi connectivity index (χ4v) is 4.70. The third-order valence-electron chi connectivity index (χ3n) is 6.44. The second-order valence-corrected chi connectivity index (χ2v) is 9.90. The Morgan fingerprint density at radius 2 is 1.72 bits per heavy atom. The lowest BCUT2D eigenvalue weighted by Gasteiger charge is -2.38. The smallest absolute Gasteiger partial charge is 0.417 e. The number of rotatable bonds is 8. The Balaban J connectivity index is 1.58. The number of aryl methyl sites for hydroxylation is 1. The predicted molar refractivity (Wildman–Crippen MR) is 130 cm³/mol. The van der Waals surface area contributed by atoms with E-state index in [2.05, 4.69) is 9.97 Å². The van der Waals surface area contributed by atoms with Gasteiger partial charge in [-0.15, -0.1) is 0 Å². The van der Waals surface area contributed by atoms with Crippen molar-refractivity contribution in [1.29, 1.82) is 0 Å². The zero-order valence-corrected chi connectivity index (χ0v) is 20.3. The molecule has 0 radical (unpaired) electrons. The molecule has 2 heterocycles. The molecule has 0 bridgehead atoms. The van der Waals surface area contributed by atoms with Crippen LogP contribution in [0.5, 0.6) is 5.88 Å². The van der Waals surface area contributed by atoms with E-state index in [1.807, 2.05) is 30.3 Å². The number of fused-ring (bicyclic) bond motifs is 1. The Morgan fingerprint density at radius 3 is 2.42 bits per heavy atom. The van der Waals surface area contributed by atoms with Crippen LogP contribution in [0.2, 0.25) is 0 Å². The fourth-order valence-electron chi connectivity index (χ4n) is 4.70. The SMILES string of the molecule is Cc1ccc(F)cc1C(C)(C)CC(O)(Cc1cc2cc(OCc3ccccc3)ncc2[nH]1)C(F)(F)F. The second-order valence-electron chi connectivity index (χ2n) is 9.90. The Kier molecular flexibility index (Phi) is 6.84. The van der Waals surface area contributed by atoms with Gasteiger partial charge in [-0.3, -0.25) is 0 Å². The highest BCUT2D eigenvalue weighted by atomic mass is 19.4. The van der Waals surface area contributed by atoms with E-state index in [-0.39, 0.29) is 5.69 Å². The minimum Gasteiger partial charge on any atom is -0.473 e. The van der Waals surface area contributed by atoms with Gasteiger partial charge in [0.1, 0.15) is 12.4 Å². The van der Waals surface area contributed by atoms with Gasteiger partial charge >= 0.3 is 6.18 Å². The summed E-state index contributed by atoms with van der Waals surface area (Å²) < 4.78 is 62.3. The first-order valence-corrected chi connectivity index (χ1v) is 11.6. The molecule has 0 spiro atoms. The number of pyridine rings is 1. The van der Waals surface area contributed by atoms with Gasteiger partial charge in [-0.05, 0) is 53.6 Å². The Hall–Kier alpha value is -3.39. The molecule has 0 saturated heterocycles. The third kappa shape index (κ3) is 5.54. The summed E-state index contributed by atoms with van der Waals surface area (Å²) in [5.74, 6) is -0.196. The molecule has 2 N–H and O–H groups in total. The van der Waals surface area contributed by atoms with Crippen LogP contribution in [0.4, 0.5) is 17.6 Å². The zero-order chi connectivity index (χ0) is 26.1. The van der Waals surface area contributed by atoms with Gasteiger partial charge in [0.25, 0.3) is 0 Å². The molecule has 0 aliphatic rings. The van der Waals surface area contributed by atoms with Gasteiger partial charge in [-0.25, -0.2) is 9.37 Å². The summed E-state index contributed by atoms with van der Waals surface area (Å²) >= 11 is 0. The maximum Gasteiger partial charge on any atom is 0.417 e. The van der Waals surface area contributed by atoms with Gasteiger partial charge in [0.2, 0.25) is 5.88 Å². The van der Waals surface area contributed by atoms with Gasteiger partial charge in [-0.2, -0.15) is 13.2 Å². The van der Waals surface area contributed by atoms with Crippen molar-refractivity contribution in [2.75, 3.05) is 0 Å². The zero-order valence-electron chi connectivity index (χ0n) is 20.3. The van der Waals surface area contributed by atoms with Gasteiger partial charge in [0.15, 0.2) is 5.60 Å². The van der Waals surface area contributed by atoms with E-state index in [1.54, 1.807) is 32.9 Å². The number of aliphatic hydroxyl groups is 1. The minimum atomic E-state index is -4.91. The van der Waals surface area contributed by atoms with E-state index in [4.69, 9.17) is 4.74 Å². The predicted octanol–water partition coefficient (Wildman–Crippen LogP) is 6.79. The van der Waals surface area contributed by atoms with E-state index < -0.39 is 35.9 Å². The summed E-state index contributed by atoms with van der Waals surface area (Å²) in [5.41, 5.74) is -1.42. The van der Waals surface area contributed by atoms with Crippen LogP contribution in [0.15, 0.2) is 66.9 Å². The first-order chi connectivity index (χ1) is 16.9. The molecular weight excluding hydrogens is 472 g/mol. The van der Waals surface area contributed by atoms with Crippen molar-refractivity contribution in [3.63, 3.8) is 0 Å². The molecule has 1 unspecified atom stereocenters. The monoisotopic (exact) mass is 500 g/mol. The Labute approximate surface area is 207 Å². The molecule has 1 atom stereocenters. The van der Waals surface area contributed by atoms with E-state index in [9.17, 15) is 22.7 Å². The van der Waals surface area contributed by atoms with Crippen LogP contribution in [0.1, 0.15) is 42.7 Å². The highest BCUT2D eigenvalue weighted by Crippen LogP contribution is 2.44. The molecule has 0 aliphatic heterocycles. The molecular formula is C28H28F4N2O2. The average Bonchev–Trinajstić information content (AvgIpc) is 3.20. The van der Waals surface area contributed by atoms with Gasteiger partial charge in [-0.1, -0.05) is 50.2 Å². The maximum atomic E-state index is 14.2. The van der Waals surface area contributed by atoms with E-state index in [1.165, 1.54) is 24.4 Å². The summed E-state index contributed by atoms with van der Waals surface area (Å²) in [5, 5.41) is 11.6. The van der Waals surface area contributed by atoms with E-state index >= 15 is 0 Å². The molecule has 0 aliphatic carbocycles. The van der Waals surface area contributed by atoms with Crippen molar-refractivity contribution in [3.8, 4) is 5.88 Å². The summed E-state index contributed by atoms with van der Waals surface area (Å²) in [4.78, 5) is 7.16. The van der Waals surface area contributed by atoms with Crippen molar-refractivity contribution >= 4 is 10.9 Å². The van der Waals surface area contributed by atoms with E-state index in [0.29, 0.717) is 34.5 Å². The number of aromatic amines is 1. The summed E-state index contributed by atoms with van der Waals surface area (Å²) in [6.07, 6.45) is -4.76. The van der Waals surface area contributed by atoms with Gasteiger partial charge in [0, 0.05) is 23.6 Å². The molecule has 0 amide bonds. The molecule has 2 aromatic heterocycles. The maximum absolute atomic E-state index is 14.2. The summed E-state index contributed by atoms with van der Waals surface area (Å²) in [6.45, 7) is 5.18. The number of nitrogens with zero attached hydrogens (tertiary/aromatic N) is 1. The molecule has 2 aromatic carbocycles. The van der Waals surface area contributed by atoms with Crippen LogP contribution in [0.25, 0.3) is 10.9 Å². The molecule has 8 heteroatoms. The van der Waals surface area contributed by atoms with Crippen LogP contribution in [-0.2, 0) is 18.4 Å². The quantitative estimate of drug-likeness (QED) is 0.262. The van der Waals surface area contributed by atoms with Crippen molar-refractivity contribution in [2.24, 2.45) is 0 Å². The lowest BCUT2D eigenvalue weighted by atomic mass is 9.72. The van der Waals surface area contributed by atoms with Crippen molar-refractivity contribution < 1.29 is 27.4 Å². The second kappa shape index (κ2) is 9.58. The number of aromatic nitrogens is 2. The number of hydrogen-bond acceptors (Lipinski definition) is 3. The van der Waals surface area contributed by atoms with Crippen LogP contribution in [-0.4, -0.2) is 26.9 Å². The molecule has 4 aromatic rings. The molecule has 4 rings (SSSR count). The van der Waals surface area contributed by atoms with Gasteiger partial charge < -0.3 is 14.8 Å². The van der Waals surface area contributed by atoms with Crippen LogP contribution in [0, 0.1) is 12.7 Å². The molecule has 4 nitrogen and oxygen atoms in total. The largest absolute Gasteiger partial charge is 0.473 e. The van der Waals surface area contributed by atoms with E-state index in [0.717, 1.165) is 5.56 Å². The molecule has 0 saturated carbocycles.